The number of benzene rings is 2. The van der Waals surface area contributed by atoms with Crippen LogP contribution in [0.3, 0.4) is 0 Å². The van der Waals surface area contributed by atoms with Crippen LogP contribution in [0.4, 0.5) is 0 Å². The fraction of sp³-hybridized carbons (Fsp3) is 0.429. The molecular weight excluding hydrogens is 456 g/mol. The van der Waals surface area contributed by atoms with Gasteiger partial charge in [-0.05, 0) is 29.8 Å². The molecule has 0 atom stereocenters. The number of hydrogen-bond donors (Lipinski definition) is 0. The molecule has 2 aliphatic heterocycles. The van der Waals surface area contributed by atoms with Gasteiger partial charge in [0.2, 0.25) is 20.0 Å². The van der Waals surface area contributed by atoms with Crippen molar-refractivity contribution in [3.8, 4) is 16.9 Å². The standard InChI is InChI=1S/C21H26N2O7S2/c1-28-18-4-7-20(21(16-18)32(26,27)23-10-14-30-15-11-23)17-2-5-19(6-3-17)31(24,25)22-8-12-29-13-9-22/h2-7,16H,8-15H2,1H3. The number of rotatable bonds is 6. The number of morpholine rings is 2. The van der Waals surface area contributed by atoms with Gasteiger partial charge in [-0.2, -0.15) is 8.61 Å². The monoisotopic (exact) mass is 482 g/mol. The van der Waals surface area contributed by atoms with E-state index in [1.165, 1.54) is 33.9 Å². The molecule has 0 unspecified atom stereocenters. The van der Waals surface area contributed by atoms with Crippen molar-refractivity contribution in [3.63, 3.8) is 0 Å². The molecule has 0 aliphatic carbocycles. The Balaban J connectivity index is 1.71. The van der Waals surface area contributed by atoms with Gasteiger partial charge >= 0.3 is 0 Å². The summed E-state index contributed by atoms with van der Waals surface area (Å²) in [6, 6.07) is 11.1. The topological polar surface area (TPSA) is 102 Å². The number of hydrogen-bond acceptors (Lipinski definition) is 7. The van der Waals surface area contributed by atoms with Crippen LogP contribution in [0, 0.1) is 0 Å². The first-order chi connectivity index (χ1) is 15.3. The summed E-state index contributed by atoms with van der Waals surface area (Å²) in [4.78, 5) is 0.275. The average Bonchev–Trinajstić information content (AvgIpc) is 2.85. The second kappa shape index (κ2) is 9.46. The highest BCUT2D eigenvalue weighted by Crippen LogP contribution is 2.34. The first-order valence-electron chi connectivity index (χ1n) is 10.3. The molecule has 2 fully saturated rings. The minimum atomic E-state index is -3.80. The Morgan fingerprint density at radius 1 is 0.750 bits per heavy atom. The molecule has 32 heavy (non-hydrogen) atoms. The van der Waals surface area contributed by atoms with Gasteiger partial charge in [0.25, 0.3) is 0 Å². The van der Waals surface area contributed by atoms with Gasteiger partial charge in [-0.25, -0.2) is 16.8 Å². The van der Waals surface area contributed by atoms with E-state index in [1.807, 2.05) is 0 Å². The second-order valence-electron chi connectivity index (χ2n) is 7.42. The van der Waals surface area contributed by atoms with E-state index < -0.39 is 20.0 Å². The first kappa shape index (κ1) is 23.1. The lowest BCUT2D eigenvalue weighted by atomic mass is 10.1. The smallest absolute Gasteiger partial charge is 0.243 e. The van der Waals surface area contributed by atoms with Crippen molar-refractivity contribution in [1.29, 1.82) is 0 Å². The van der Waals surface area contributed by atoms with Crippen molar-refractivity contribution in [1.82, 2.24) is 8.61 Å². The molecule has 2 heterocycles. The Hall–Kier alpha value is -2.02. The lowest BCUT2D eigenvalue weighted by molar-refractivity contribution is 0.0730. The zero-order valence-corrected chi connectivity index (χ0v) is 19.4. The summed E-state index contributed by atoms with van der Waals surface area (Å²) in [7, 11) is -5.95. The Morgan fingerprint density at radius 2 is 1.28 bits per heavy atom. The van der Waals surface area contributed by atoms with Crippen LogP contribution < -0.4 is 4.74 Å². The molecular formula is C21H26N2O7S2. The molecule has 174 valence electrons. The molecule has 0 aromatic heterocycles. The molecule has 2 aromatic rings. The van der Waals surface area contributed by atoms with Crippen LogP contribution in [0.5, 0.6) is 5.75 Å². The Kier molecular flexibility index (Phi) is 6.84. The van der Waals surface area contributed by atoms with Crippen LogP contribution >= 0.6 is 0 Å². The van der Waals surface area contributed by atoms with E-state index in [4.69, 9.17) is 14.2 Å². The molecule has 0 spiro atoms. The van der Waals surface area contributed by atoms with Crippen LogP contribution in [0.2, 0.25) is 0 Å². The van der Waals surface area contributed by atoms with Crippen molar-refractivity contribution in [3.05, 3.63) is 42.5 Å². The summed E-state index contributed by atoms with van der Waals surface area (Å²) < 4.78 is 71.1. The maximum Gasteiger partial charge on any atom is 0.243 e. The van der Waals surface area contributed by atoms with E-state index in [0.717, 1.165) is 0 Å². The fourth-order valence-corrected chi connectivity index (χ4v) is 6.79. The summed E-state index contributed by atoms with van der Waals surface area (Å²) in [5, 5.41) is 0. The van der Waals surface area contributed by atoms with Crippen LogP contribution in [-0.4, -0.2) is 85.2 Å². The summed E-state index contributed by atoms with van der Waals surface area (Å²) >= 11 is 0. The van der Waals surface area contributed by atoms with Crippen LogP contribution in [0.15, 0.2) is 52.3 Å². The summed E-state index contributed by atoms with van der Waals surface area (Å²) in [6.45, 7) is 2.58. The van der Waals surface area contributed by atoms with Gasteiger partial charge in [-0.3, -0.25) is 0 Å². The molecule has 0 saturated carbocycles. The second-order valence-corrected chi connectivity index (χ2v) is 11.3. The van der Waals surface area contributed by atoms with Crippen molar-refractivity contribution >= 4 is 20.0 Å². The van der Waals surface area contributed by atoms with Crippen molar-refractivity contribution < 1.29 is 31.0 Å². The highest BCUT2D eigenvalue weighted by molar-refractivity contribution is 7.89. The van der Waals surface area contributed by atoms with E-state index in [9.17, 15) is 16.8 Å². The van der Waals surface area contributed by atoms with Gasteiger partial charge in [0.05, 0.1) is 43.3 Å². The van der Waals surface area contributed by atoms with Gasteiger partial charge in [0.1, 0.15) is 5.75 Å². The maximum atomic E-state index is 13.4. The Labute approximate surface area is 188 Å². The highest BCUT2D eigenvalue weighted by atomic mass is 32.2. The van der Waals surface area contributed by atoms with Crippen molar-refractivity contribution in [2.24, 2.45) is 0 Å². The lowest BCUT2D eigenvalue weighted by Gasteiger charge is -2.27. The molecule has 4 rings (SSSR count). The quantitative estimate of drug-likeness (QED) is 0.613. The number of sulfonamides is 2. The van der Waals surface area contributed by atoms with Crippen LogP contribution in [0.1, 0.15) is 0 Å². The molecule has 0 amide bonds. The number of ether oxygens (including phenoxy) is 3. The van der Waals surface area contributed by atoms with Gasteiger partial charge in [0, 0.05) is 37.8 Å². The normalized spacial score (nSPS) is 19.0. The van der Waals surface area contributed by atoms with Crippen molar-refractivity contribution in [2.75, 3.05) is 59.7 Å². The predicted octanol–water partition coefficient (Wildman–Crippen LogP) is 1.40. The molecule has 0 N–H and O–H groups in total. The average molecular weight is 483 g/mol. The molecule has 2 saturated heterocycles. The van der Waals surface area contributed by atoms with E-state index in [1.54, 1.807) is 24.3 Å². The summed E-state index contributed by atoms with van der Waals surface area (Å²) in [6.07, 6.45) is 0. The third-order valence-electron chi connectivity index (χ3n) is 5.55. The zero-order valence-electron chi connectivity index (χ0n) is 17.8. The minimum absolute atomic E-state index is 0.113. The number of methoxy groups -OCH3 is 1. The van der Waals surface area contributed by atoms with Gasteiger partial charge in [0.15, 0.2) is 0 Å². The third-order valence-corrected chi connectivity index (χ3v) is 9.40. The summed E-state index contributed by atoms with van der Waals surface area (Å²) in [5.74, 6) is 0.423. The molecule has 9 nitrogen and oxygen atoms in total. The zero-order chi connectivity index (χ0) is 22.8. The van der Waals surface area contributed by atoms with Crippen molar-refractivity contribution in [2.45, 2.75) is 9.79 Å². The Morgan fingerprint density at radius 3 is 1.81 bits per heavy atom. The van der Waals surface area contributed by atoms with Gasteiger partial charge < -0.3 is 14.2 Å². The summed E-state index contributed by atoms with van der Waals surface area (Å²) in [5.41, 5.74) is 1.08. The lowest BCUT2D eigenvalue weighted by Crippen LogP contribution is -2.40. The first-order valence-corrected chi connectivity index (χ1v) is 13.2. The molecule has 2 aromatic carbocycles. The SMILES string of the molecule is COc1ccc(-c2ccc(S(=O)(=O)N3CCOCC3)cc2)c(S(=O)(=O)N2CCOCC2)c1. The van der Waals surface area contributed by atoms with E-state index in [2.05, 4.69) is 0 Å². The molecule has 0 bridgehead atoms. The molecule has 0 radical (unpaired) electrons. The van der Waals surface area contributed by atoms with E-state index in [-0.39, 0.29) is 22.9 Å². The predicted molar refractivity (Wildman–Crippen MR) is 118 cm³/mol. The molecule has 2 aliphatic rings. The minimum Gasteiger partial charge on any atom is -0.497 e. The van der Waals surface area contributed by atoms with Crippen LogP contribution in [0.25, 0.3) is 11.1 Å². The van der Waals surface area contributed by atoms with Crippen LogP contribution in [-0.2, 0) is 29.5 Å². The maximum absolute atomic E-state index is 13.4. The Bertz CT molecular complexity index is 1150. The molecule has 11 heteroatoms. The third kappa shape index (κ3) is 4.54. The fourth-order valence-electron chi connectivity index (χ4n) is 3.75. The number of nitrogens with zero attached hydrogens (tertiary/aromatic N) is 2. The largest absolute Gasteiger partial charge is 0.497 e. The van der Waals surface area contributed by atoms with E-state index in [0.29, 0.717) is 56.4 Å². The van der Waals surface area contributed by atoms with Gasteiger partial charge in [-0.1, -0.05) is 12.1 Å². The van der Waals surface area contributed by atoms with E-state index >= 15 is 0 Å². The highest BCUT2D eigenvalue weighted by Gasteiger charge is 2.30. The van der Waals surface area contributed by atoms with Gasteiger partial charge in [-0.15, -0.1) is 0 Å².